The molecule has 0 amide bonds. The molecule has 3 nitrogen and oxygen atoms in total. The number of hydrogen-bond acceptors (Lipinski definition) is 4. The van der Waals surface area contributed by atoms with Gasteiger partial charge in [0.05, 0.1) is 0 Å². The van der Waals surface area contributed by atoms with Crippen molar-refractivity contribution in [2.75, 3.05) is 24.0 Å². The smallest absolute Gasteiger partial charge is 0.130 e. The predicted molar refractivity (Wildman–Crippen MR) is 57.6 cm³/mol. The Labute approximate surface area is 87.3 Å². The molecule has 0 aliphatic carbocycles. The van der Waals surface area contributed by atoms with Crippen molar-refractivity contribution in [3.63, 3.8) is 0 Å². The van der Waals surface area contributed by atoms with Crippen molar-refractivity contribution in [2.45, 2.75) is 11.4 Å². The minimum absolute atomic E-state index is 0.674. The van der Waals surface area contributed by atoms with Gasteiger partial charge in [0, 0.05) is 18.5 Å². The Balaban J connectivity index is 2.46. The molecule has 0 radical (unpaired) electrons. The highest BCUT2D eigenvalue weighted by Crippen LogP contribution is 2.13. The number of halogens is 1. The van der Waals surface area contributed by atoms with Crippen molar-refractivity contribution in [1.29, 1.82) is 0 Å². The van der Waals surface area contributed by atoms with Gasteiger partial charge < -0.3 is 5.32 Å². The number of hydrogen-bond donors (Lipinski definition) is 1. The number of rotatable bonds is 5. The summed E-state index contributed by atoms with van der Waals surface area (Å²) in [4.78, 5) is 8.15. The lowest BCUT2D eigenvalue weighted by Gasteiger charge is -2.03. The molecular formula is C8H12ClN3S. The normalized spacial score (nSPS) is 10.0. The van der Waals surface area contributed by atoms with E-state index in [2.05, 4.69) is 15.3 Å². The minimum atomic E-state index is 0.674. The molecule has 1 rings (SSSR count). The first-order valence-corrected chi connectivity index (χ1v) is 5.78. The molecule has 1 heterocycles. The SMILES string of the molecule is CSc1cc(NCCCCl)ncn1. The van der Waals surface area contributed by atoms with E-state index >= 15 is 0 Å². The highest BCUT2D eigenvalue weighted by atomic mass is 35.5. The van der Waals surface area contributed by atoms with Crippen molar-refractivity contribution < 1.29 is 0 Å². The lowest BCUT2D eigenvalue weighted by Crippen LogP contribution is -2.03. The first kappa shape index (κ1) is 10.6. The zero-order chi connectivity index (χ0) is 9.52. The number of nitrogens with one attached hydrogen (secondary N) is 1. The van der Waals surface area contributed by atoms with Crippen molar-refractivity contribution in [1.82, 2.24) is 9.97 Å². The van der Waals surface area contributed by atoms with Crippen LogP contribution < -0.4 is 5.32 Å². The van der Waals surface area contributed by atoms with Gasteiger partial charge in [0.15, 0.2) is 0 Å². The van der Waals surface area contributed by atoms with Gasteiger partial charge in [-0.3, -0.25) is 0 Å². The van der Waals surface area contributed by atoms with Crippen molar-refractivity contribution >= 4 is 29.2 Å². The van der Waals surface area contributed by atoms with Gasteiger partial charge in [0.25, 0.3) is 0 Å². The molecule has 0 spiro atoms. The van der Waals surface area contributed by atoms with Crippen LogP contribution in [0.3, 0.4) is 0 Å². The molecule has 0 saturated carbocycles. The highest BCUT2D eigenvalue weighted by Gasteiger charge is 1.95. The average Bonchev–Trinajstić information content (AvgIpc) is 2.19. The third-order valence-corrected chi connectivity index (χ3v) is 2.38. The van der Waals surface area contributed by atoms with Crippen LogP contribution in [0.2, 0.25) is 0 Å². The second kappa shape index (κ2) is 6.05. The van der Waals surface area contributed by atoms with Gasteiger partial charge >= 0.3 is 0 Å². The molecular weight excluding hydrogens is 206 g/mol. The van der Waals surface area contributed by atoms with Crippen LogP contribution in [0, 0.1) is 0 Å². The maximum absolute atomic E-state index is 5.55. The van der Waals surface area contributed by atoms with Crippen LogP contribution in [-0.2, 0) is 0 Å². The zero-order valence-electron chi connectivity index (χ0n) is 7.46. The van der Waals surface area contributed by atoms with Crippen molar-refractivity contribution in [3.05, 3.63) is 12.4 Å². The van der Waals surface area contributed by atoms with E-state index in [1.54, 1.807) is 18.1 Å². The molecule has 1 aromatic heterocycles. The summed E-state index contributed by atoms with van der Waals surface area (Å²) >= 11 is 7.15. The molecule has 13 heavy (non-hydrogen) atoms. The molecule has 0 aliphatic heterocycles. The Morgan fingerprint density at radius 2 is 2.38 bits per heavy atom. The summed E-state index contributed by atoms with van der Waals surface area (Å²) in [5.41, 5.74) is 0. The van der Waals surface area contributed by atoms with Gasteiger partial charge in [0.1, 0.15) is 17.2 Å². The summed E-state index contributed by atoms with van der Waals surface area (Å²) < 4.78 is 0. The van der Waals surface area contributed by atoms with E-state index in [1.165, 1.54) is 0 Å². The monoisotopic (exact) mass is 217 g/mol. The van der Waals surface area contributed by atoms with E-state index in [-0.39, 0.29) is 0 Å². The second-order valence-electron chi connectivity index (χ2n) is 2.41. The number of alkyl halides is 1. The quantitative estimate of drug-likeness (QED) is 0.355. The van der Waals surface area contributed by atoms with E-state index in [0.717, 1.165) is 23.8 Å². The van der Waals surface area contributed by atoms with Gasteiger partial charge in [-0.15, -0.1) is 23.4 Å². The average molecular weight is 218 g/mol. The van der Waals surface area contributed by atoms with Gasteiger partial charge in [-0.2, -0.15) is 0 Å². The topological polar surface area (TPSA) is 37.8 Å². The van der Waals surface area contributed by atoms with Crippen molar-refractivity contribution in [2.24, 2.45) is 0 Å². The summed E-state index contributed by atoms with van der Waals surface area (Å²) in [5, 5.41) is 4.15. The van der Waals surface area contributed by atoms with Crippen molar-refractivity contribution in [3.8, 4) is 0 Å². The summed E-state index contributed by atoms with van der Waals surface area (Å²) in [6.07, 6.45) is 4.50. The molecule has 72 valence electrons. The van der Waals surface area contributed by atoms with Crippen LogP contribution >= 0.6 is 23.4 Å². The Morgan fingerprint density at radius 3 is 3.08 bits per heavy atom. The Morgan fingerprint density at radius 1 is 1.54 bits per heavy atom. The zero-order valence-corrected chi connectivity index (χ0v) is 9.03. The third-order valence-electron chi connectivity index (χ3n) is 1.47. The number of thioether (sulfide) groups is 1. The minimum Gasteiger partial charge on any atom is -0.370 e. The Hall–Kier alpha value is -0.480. The molecule has 0 unspecified atom stereocenters. The van der Waals surface area contributed by atoms with Crippen LogP contribution in [0.15, 0.2) is 17.4 Å². The fourth-order valence-corrected chi connectivity index (χ4v) is 1.35. The Kier molecular flexibility index (Phi) is 4.93. The largest absolute Gasteiger partial charge is 0.370 e. The van der Waals surface area contributed by atoms with Crippen LogP contribution in [0.1, 0.15) is 6.42 Å². The lowest BCUT2D eigenvalue weighted by molar-refractivity contribution is 0.959. The molecule has 5 heteroatoms. The van der Waals surface area contributed by atoms with E-state index in [9.17, 15) is 0 Å². The van der Waals surface area contributed by atoms with E-state index in [1.807, 2.05) is 12.3 Å². The number of anilines is 1. The molecule has 0 saturated heterocycles. The van der Waals surface area contributed by atoms with Crippen LogP contribution in [0.5, 0.6) is 0 Å². The van der Waals surface area contributed by atoms with E-state index < -0.39 is 0 Å². The fraction of sp³-hybridized carbons (Fsp3) is 0.500. The first-order chi connectivity index (χ1) is 6.36. The summed E-state index contributed by atoms with van der Waals surface area (Å²) in [5.74, 6) is 1.54. The van der Waals surface area contributed by atoms with Gasteiger partial charge in [-0.1, -0.05) is 0 Å². The predicted octanol–water partition coefficient (Wildman–Crippen LogP) is 2.24. The summed E-state index contributed by atoms with van der Waals surface area (Å²) in [6, 6.07) is 1.93. The fourth-order valence-electron chi connectivity index (χ4n) is 0.831. The number of nitrogens with zero attached hydrogens (tertiary/aromatic N) is 2. The molecule has 1 aromatic rings. The third kappa shape index (κ3) is 3.83. The Bertz CT molecular complexity index is 257. The van der Waals surface area contributed by atoms with E-state index in [4.69, 9.17) is 11.6 Å². The maximum Gasteiger partial charge on any atom is 0.130 e. The second-order valence-corrected chi connectivity index (χ2v) is 3.62. The molecule has 1 N–H and O–H groups in total. The van der Waals surface area contributed by atoms with Crippen LogP contribution in [0.4, 0.5) is 5.82 Å². The summed E-state index contributed by atoms with van der Waals surface area (Å²) in [6.45, 7) is 0.855. The number of aromatic nitrogens is 2. The van der Waals surface area contributed by atoms with Crippen LogP contribution in [0.25, 0.3) is 0 Å². The van der Waals surface area contributed by atoms with E-state index in [0.29, 0.717) is 5.88 Å². The molecule has 0 atom stereocenters. The highest BCUT2D eigenvalue weighted by molar-refractivity contribution is 7.98. The maximum atomic E-state index is 5.55. The molecule has 0 fully saturated rings. The molecule has 0 aliphatic rings. The van der Waals surface area contributed by atoms with Gasteiger partial charge in [0.2, 0.25) is 0 Å². The van der Waals surface area contributed by atoms with Gasteiger partial charge in [-0.25, -0.2) is 9.97 Å². The molecule has 0 bridgehead atoms. The summed E-state index contributed by atoms with van der Waals surface area (Å²) in [7, 11) is 0. The standard InChI is InChI=1S/C8H12ClN3S/c1-13-8-5-7(11-6-12-8)10-4-2-3-9/h5-6H,2-4H2,1H3,(H,10,11,12). The lowest BCUT2D eigenvalue weighted by atomic mass is 10.4. The van der Waals surface area contributed by atoms with Crippen LogP contribution in [-0.4, -0.2) is 28.6 Å². The van der Waals surface area contributed by atoms with Gasteiger partial charge in [-0.05, 0) is 12.7 Å². The molecule has 0 aromatic carbocycles. The first-order valence-electron chi connectivity index (χ1n) is 4.02.